The van der Waals surface area contributed by atoms with Crippen LogP contribution in [0.5, 0.6) is 0 Å². The van der Waals surface area contributed by atoms with Gasteiger partial charge in [0.05, 0.1) is 31.7 Å². The summed E-state index contributed by atoms with van der Waals surface area (Å²) in [5, 5.41) is 28.4. The molecule has 2 heterocycles. The highest BCUT2D eigenvalue weighted by atomic mass is 32.2. The lowest BCUT2D eigenvalue weighted by atomic mass is 10.0. The summed E-state index contributed by atoms with van der Waals surface area (Å²) in [6.45, 7) is -2.14. The van der Waals surface area contributed by atoms with Gasteiger partial charge in [0.25, 0.3) is 10.1 Å². The van der Waals surface area contributed by atoms with Crippen molar-refractivity contribution in [3.8, 4) is 0 Å². The molecule has 0 aliphatic heterocycles. The van der Waals surface area contributed by atoms with Gasteiger partial charge in [-0.15, -0.1) is 0 Å². The van der Waals surface area contributed by atoms with Crippen molar-refractivity contribution in [3.63, 3.8) is 0 Å². The third-order valence-corrected chi connectivity index (χ3v) is 4.27. The van der Waals surface area contributed by atoms with Crippen molar-refractivity contribution < 1.29 is 28.3 Å². The molecule has 2 rings (SSSR count). The molecular weight excluding hydrogens is 342 g/mol. The van der Waals surface area contributed by atoms with E-state index < -0.39 is 40.7 Å². The Morgan fingerprint density at radius 3 is 2.17 bits per heavy atom. The second-order valence-electron chi connectivity index (χ2n) is 4.87. The second-order valence-corrected chi connectivity index (χ2v) is 6.47. The van der Waals surface area contributed by atoms with E-state index in [1.54, 1.807) is 18.7 Å². The van der Waals surface area contributed by atoms with Gasteiger partial charge in [0.2, 0.25) is 0 Å². The maximum atomic E-state index is 11.3. The number of nitrogens with one attached hydrogen (secondary N) is 3. The molecule has 0 saturated carbocycles. The molecule has 1 unspecified atom stereocenters. The molecule has 2 aromatic rings. The van der Waals surface area contributed by atoms with Gasteiger partial charge in [0, 0.05) is 31.3 Å². The molecule has 2 aromatic heterocycles. The Hall–Kier alpha value is -1.83. The van der Waals surface area contributed by atoms with Gasteiger partial charge in [-0.2, -0.15) is 8.42 Å². The first-order valence-corrected chi connectivity index (χ1v) is 8.35. The number of aliphatic hydroxyl groups excluding tert-OH is 3. The number of rotatable bonds is 8. The SMILES string of the molecule is O=S(=O)(O)C(CNC(CO)(CO)CO)c1ncc[nH]1.c1c[nH]cn1. The molecule has 136 valence electrons. The van der Waals surface area contributed by atoms with Crippen LogP contribution in [0, 0.1) is 0 Å². The summed E-state index contributed by atoms with van der Waals surface area (Å²) < 4.78 is 31.7. The van der Waals surface area contributed by atoms with Crippen LogP contribution in [0.1, 0.15) is 11.1 Å². The molecule has 0 fully saturated rings. The number of aromatic amines is 2. The molecule has 7 N–H and O–H groups in total. The number of aliphatic hydroxyl groups is 3. The van der Waals surface area contributed by atoms with Crippen molar-refractivity contribution in [2.75, 3.05) is 26.4 Å². The van der Waals surface area contributed by atoms with Crippen molar-refractivity contribution in [3.05, 3.63) is 36.9 Å². The molecule has 0 spiro atoms. The fourth-order valence-electron chi connectivity index (χ4n) is 1.64. The number of hydrogen-bond acceptors (Lipinski definition) is 8. The minimum Gasteiger partial charge on any atom is -0.394 e. The zero-order chi connectivity index (χ0) is 18.1. The zero-order valence-corrected chi connectivity index (χ0v) is 13.5. The van der Waals surface area contributed by atoms with Crippen LogP contribution in [-0.4, -0.2) is 80.1 Å². The number of H-pyrrole nitrogens is 2. The van der Waals surface area contributed by atoms with Crippen LogP contribution in [-0.2, 0) is 10.1 Å². The van der Waals surface area contributed by atoms with E-state index in [2.05, 4.69) is 25.3 Å². The first-order chi connectivity index (χ1) is 11.4. The van der Waals surface area contributed by atoms with Gasteiger partial charge in [-0.05, 0) is 0 Å². The number of imidazole rings is 2. The molecular formula is C12H21N5O6S. The highest BCUT2D eigenvalue weighted by Crippen LogP contribution is 2.17. The molecule has 0 amide bonds. The van der Waals surface area contributed by atoms with Crippen LogP contribution in [0.4, 0.5) is 0 Å². The smallest absolute Gasteiger partial charge is 0.276 e. The van der Waals surface area contributed by atoms with Crippen molar-refractivity contribution in [1.82, 2.24) is 25.3 Å². The van der Waals surface area contributed by atoms with Gasteiger partial charge >= 0.3 is 0 Å². The van der Waals surface area contributed by atoms with E-state index >= 15 is 0 Å². The topological polar surface area (TPSA) is 184 Å². The predicted molar refractivity (Wildman–Crippen MR) is 83.5 cm³/mol. The van der Waals surface area contributed by atoms with Crippen molar-refractivity contribution in [2.24, 2.45) is 0 Å². The van der Waals surface area contributed by atoms with E-state index in [4.69, 9.17) is 19.9 Å². The molecule has 24 heavy (non-hydrogen) atoms. The van der Waals surface area contributed by atoms with Crippen LogP contribution in [0.3, 0.4) is 0 Å². The third kappa shape index (κ3) is 5.99. The summed E-state index contributed by atoms with van der Waals surface area (Å²) in [6.07, 6.45) is 7.80. The number of nitrogens with zero attached hydrogens (tertiary/aromatic N) is 2. The predicted octanol–water partition coefficient (Wildman–Crippen LogP) is -1.95. The lowest BCUT2D eigenvalue weighted by Gasteiger charge is -2.30. The Kier molecular flexibility index (Phi) is 7.97. The Bertz CT molecular complexity index is 616. The van der Waals surface area contributed by atoms with Gasteiger partial charge in [-0.3, -0.25) is 4.55 Å². The van der Waals surface area contributed by atoms with E-state index in [-0.39, 0.29) is 12.4 Å². The van der Waals surface area contributed by atoms with E-state index in [1.807, 2.05) is 0 Å². The average molecular weight is 363 g/mol. The molecule has 0 aliphatic rings. The summed E-state index contributed by atoms with van der Waals surface area (Å²) in [5.74, 6) is 0.0118. The summed E-state index contributed by atoms with van der Waals surface area (Å²) in [6, 6.07) is 0. The molecule has 0 aromatic carbocycles. The molecule has 12 heteroatoms. The van der Waals surface area contributed by atoms with Gasteiger partial charge in [-0.1, -0.05) is 0 Å². The zero-order valence-electron chi connectivity index (χ0n) is 12.7. The van der Waals surface area contributed by atoms with E-state index in [0.29, 0.717) is 0 Å². The average Bonchev–Trinajstić information content (AvgIpc) is 3.26. The van der Waals surface area contributed by atoms with Crippen LogP contribution >= 0.6 is 0 Å². The van der Waals surface area contributed by atoms with E-state index in [1.165, 1.54) is 12.4 Å². The van der Waals surface area contributed by atoms with Crippen LogP contribution in [0.25, 0.3) is 0 Å². The fraction of sp³-hybridized carbons (Fsp3) is 0.500. The third-order valence-electron chi connectivity index (χ3n) is 3.16. The normalized spacial score (nSPS) is 13.2. The number of hydrogen-bond donors (Lipinski definition) is 7. The summed E-state index contributed by atoms with van der Waals surface area (Å²) in [4.78, 5) is 12.7. The lowest BCUT2D eigenvalue weighted by Crippen LogP contribution is -2.56. The molecule has 0 radical (unpaired) electrons. The molecule has 11 nitrogen and oxygen atoms in total. The van der Waals surface area contributed by atoms with Gasteiger partial charge in [0.15, 0.2) is 5.25 Å². The molecule has 0 saturated heterocycles. The van der Waals surface area contributed by atoms with Crippen molar-refractivity contribution in [2.45, 2.75) is 10.8 Å². The first-order valence-electron chi connectivity index (χ1n) is 6.84. The quantitative estimate of drug-likeness (QED) is 0.262. The van der Waals surface area contributed by atoms with Crippen molar-refractivity contribution >= 4 is 10.1 Å². The highest BCUT2D eigenvalue weighted by Gasteiger charge is 2.33. The molecule has 1 atom stereocenters. The largest absolute Gasteiger partial charge is 0.394 e. The Balaban J connectivity index is 0.000000488. The maximum absolute atomic E-state index is 11.3. The fourth-order valence-corrected chi connectivity index (χ4v) is 2.34. The Labute approximate surface area is 138 Å². The Morgan fingerprint density at radius 1 is 1.17 bits per heavy atom. The van der Waals surface area contributed by atoms with Gasteiger partial charge in [-0.25, -0.2) is 9.97 Å². The van der Waals surface area contributed by atoms with E-state index in [9.17, 15) is 8.42 Å². The lowest BCUT2D eigenvalue weighted by molar-refractivity contribution is 0.0426. The van der Waals surface area contributed by atoms with Gasteiger partial charge < -0.3 is 30.6 Å². The maximum Gasteiger partial charge on any atom is 0.276 e. The summed E-state index contributed by atoms with van der Waals surface area (Å²) >= 11 is 0. The van der Waals surface area contributed by atoms with E-state index in [0.717, 1.165) is 0 Å². The monoisotopic (exact) mass is 363 g/mol. The Morgan fingerprint density at radius 2 is 1.83 bits per heavy atom. The van der Waals surface area contributed by atoms with Gasteiger partial charge in [0.1, 0.15) is 5.82 Å². The molecule has 0 aliphatic carbocycles. The summed E-state index contributed by atoms with van der Waals surface area (Å²) in [5.41, 5.74) is -1.43. The van der Waals surface area contributed by atoms with Crippen LogP contribution in [0.15, 0.2) is 31.1 Å². The van der Waals surface area contributed by atoms with Crippen LogP contribution < -0.4 is 5.32 Å². The van der Waals surface area contributed by atoms with Crippen LogP contribution in [0.2, 0.25) is 0 Å². The summed E-state index contributed by atoms with van der Waals surface area (Å²) in [7, 11) is -4.44. The molecule has 0 bridgehead atoms. The minimum atomic E-state index is -4.44. The standard InChI is InChI=1S/C9H17N3O6S.C3H4N2/c13-4-9(5-14,6-15)12-3-7(19(16,17)18)8-10-1-2-11-8;1-2-5-3-4-1/h1-2,7,12-15H,3-6H2,(H,10,11)(H,16,17,18);1-3H,(H,4,5). The van der Waals surface area contributed by atoms with Crippen molar-refractivity contribution in [1.29, 1.82) is 0 Å². The number of aromatic nitrogens is 4. The highest BCUT2D eigenvalue weighted by molar-refractivity contribution is 7.86. The second kappa shape index (κ2) is 9.46. The minimum absolute atomic E-state index is 0.0118. The first kappa shape index (κ1) is 20.2.